The Morgan fingerprint density at radius 3 is 2.38 bits per heavy atom. The van der Waals surface area contributed by atoms with Crippen molar-refractivity contribution in [2.45, 2.75) is 66.7 Å². The summed E-state index contributed by atoms with van der Waals surface area (Å²) in [5, 5.41) is 16.3. The molecule has 1 unspecified atom stereocenters. The number of aryl methyl sites for hydroxylation is 1. The average Bonchev–Trinajstić information content (AvgIpc) is 3.37. The molecule has 7 heteroatoms. The van der Waals surface area contributed by atoms with Crippen LogP contribution in [0.1, 0.15) is 75.4 Å². The van der Waals surface area contributed by atoms with Crippen LogP contribution in [0.5, 0.6) is 0 Å². The highest BCUT2D eigenvalue weighted by Gasteiger charge is 2.37. The molecule has 1 amide bonds. The Bertz CT molecular complexity index is 1210. The summed E-state index contributed by atoms with van der Waals surface area (Å²) in [5.74, 6) is 0.560. The lowest BCUT2D eigenvalue weighted by Crippen LogP contribution is -2.35. The Hall–Kier alpha value is -2.93. The van der Waals surface area contributed by atoms with Crippen LogP contribution in [-0.2, 0) is 4.79 Å². The Morgan fingerprint density at radius 1 is 1.09 bits per heavy atom. The van der Waals surface area contributed by atoms with Crippen molar-refractivity contribution in [3.05, 3.63) is 58.4 Å². The molecule has 178 valence electrons. The van der Waals surface area contributed by atoms with Crippen LogP contribution in [0.3, 0.4) is 0 Å². The Morgan fingerprint density at radius 2 is 1.76 bits per heavy atom. The van der Waals surface area contributed by atoms with Gasteiger partial charge in [-0.05, 0) is 86.2 Å². The molecular formula is C27H33N5OS. The number of carbonyl (C=O) groups is 1. The fourth-order valence-electron chi connectivity index (χ4n) is 4.48. The van der Waals surface area contributed by atoms with Crippen LogP contribution in [0.15, 0.2) is 46.0 Å². The first-order valence-electron chi connectivity index (χ1n) is 12.1. The number of rotatable bonds is 7. The maximum Gasteiger partial charge on any atom is 0.283 e. The third kappa shape index (κ3) is 4.29. The van der Waals surface area contributed by atoms with Gasteiger partial charge >= 0.3 is 0 Å². The third-order valence-corrected chi connectivity index (χ3v) is 7.98. The van der Waals surface area contributed by atoms with Crippen LogP contribution in [-0.4, -0.2) is 31.5 Å². The number of aromatic nitrogens is 1. The average molecular weight is 476 g/mol. The van der Waals surface area contributed by atoms with E-state index in [0.717, 1.165) is 46.9 Å². The van der Waals surface area contributed by atoms with E-state index in [2.05, 4.69) is 79.6 Å². The van der Waals surface area contributed by atoms with E-state index in [4.69, 9.17) is 5.41 Å². The molecule has 0 fully saturated rings. The number of benzene rings is 1. The van der Waals surface area contributed by atoms with E-state index in [-0.39, 0.29) is 17.3 Å². The normalized spacial score (nSPS) is 18.0. The molecule has 1 aromatic carbocycles. The minimum atomic E-state index is -0.382. The lowest BCUT2D eigenvalue weighted by molar-refractivity contribution is -0.114. The summed E-state index contributed by atoms with van der Waals surface area (Å²) in [6, 6.07) is 10.7. The van der Waals surface area contributed by atoms with Crippen molar-refractivity contribution in [2.75, 3.05) is 0 Å². The van der Waals surface area contributed by atoms with Crippen molar-refractivity contribution in [3.63, 3.8) is 0 Å². The van der Waals surface area contributed by atoms with Gasteiger partial charge in [-0.3, -0.25) is 10.2 Å². The first-order chi connectivity index (χ1) is 16.3. The number of hydrogen-bond acceptors (Lipinski definition) is 4. The summed E-state index contributed by atoms with van der Waals surface area (Å²) in [6.45, 7) is 12.8. The van der Waals surface area contributed by atoms with Crippen molar-refractivity contribution in [3.8, 4) is 5.69 Å². The van der Waals surface area contributed by atoms with Crippen molar-refractivity contribution in [2.24, 2.45) is 16.0 Å². The van der Waals surface area contributed by atoms with Gasteiger partial charge in [0, 0.05) is 23.0 Å². The molecule has 0 saturated heterocycles. The summed E-state index contributed by atoms with van der Waals surface area (Å²) in [6.07, 6.45) is 4.84. The number of thioether (sulfide) groups is 1. The van der Waals surface area contributed by atoms with Gasteiger partial charge in [0.05, 0.1) is 5.57 Å². The lowest BCUT2D eigenvalue weighted by atomic mass is 9.98. The molecule has 0 saturated carbocycles. The van der Waals surface area contributed by atoms with E-state index < -0.39 is 0 Å². The number of carbonyl (C=O) groups excluding carboxylic acids is 1. The van der Waals surface area contributed by atoms with Gasteiger partial charge < -0.3 is 4.57 Å². The molecule has 0 bridgehead atoms. The summed E-state index contributed by atoms with van der Waals surface area (Å²) in [7, 11) is 0. The van der Waals surface area contributed by atoms with Crippen LogP contribution in [0.4, 0.5) is 0 Å². The lowest BCUT2D eigenvalue weighted by Gasteiger charge is -2.20. The van der Waals surface area contributed by atoms with E-state index in [1.807, 2.05) is 6.92 Å². The molecule has 0 aliphatic carbocycles. The molecule has 34 heavy (non-hydrogen) atoms. The van der Waals surface area contributed by atoms with Gasteiger partial charge in [0.25, 0.3) is 5.91 Å². The zero-order chi connectivity index (χ0) is 24.6. The first-order valence-corrected chi connectivity index (χ1v) is 12.9. The molecule has 4 rings (SSSR count). The standard InChI is InChI=1S/C27H33N5OS/c1-7-16(4)20-10-12-22(13-11-20)31-17(5)14-21(18(31)6)15-23-24(28)32-27(29-25(23)33)34-26(30-32)19(8-2)9-3/h10-16,19,28H,7-9H2,1-6H3/b23-15+,28-24?. The number of nitrogens with one attached hydrogen (secondary N) is 1. The second-order valence-corrected chi connectivity index (χ2v) is 10.0. The highest BCUT2D eigenvalue weighted by atomic mass is 32.2. The van der Waals surface area contributed by atoms with E-state index in [1.54, 1.807) is 6.08 Å². The zero-order valence-electron chi connectivity index (χ0n) is 20.8. The largest absolute Gasteiger partial charge is 0.318 e. The van der Waals surface area contributed by atoms with Gasteiger partial charge in [-0.15, -0.1) is 0 Å². The van der Waals surface area contributed by atoms with Gasteiger partial charge in [0.1, 0.15) is 5.04 Å². The van der Waals surface area contributed by atoms with Crippen molar-refractivity contribution in [1.29, 1.82) is 5.41 Å². The minimum absolute atomic E-state index is 0.0890. The molecule has 1 N–H and O–H groups in total. The molecule has 2 aromatic rings. The number of amidine groups is 2. The van der Waals surface area contributed by atoms with Crippen LogP contribution in [0.25, 0.3) is 11.8 Å². The minimum Gasteiger partial charge on any atom is -0.318 e. The number of aliphatic imine (C=N–C) groups is 1. The quantitative estimate of drug-likeness (QED) is 0.455. The van der Waals surface area contributed by atoms with Gasteiger partial charge in [0.15, 0.2) is 5.84 Å². The predicted molar refractivity (Wildman–Crippen MR) is 143 cm³/mol. The van der Waals surface area contributed by atoms with E-state index in [1.165, 1.54) is 22.3 Å². The smallest absolute Gasteiger partial charge is 0.283 e. The number of hydrazone groups is 1. The molecule has 2 aliphatic heterocycles. The van der Waals surface area contributed by atoms with Crippen LogP contribution >= 0.6 is 11.8 Å². The predicted octanol–water partition coefficient (Wildman–Crippen LogP) is 6.66. The van der Waals surface area contributed by atoms with Crippen molar-refractivity contribution >= 4 is 39.8 Å². The molecule has 0 spiro atoms. The summed E-state index contributed by atoms with van der Waals surface area (Å²) in [4.78, 5) is 17.1. The first kappa shape index (κ1) is 24.2. The number of fused-ring (bicyclic) bond motifs is 1. The number of hydrogen-bond donors (Lipinski definition) is 1. The summed E-state index contributed by atoms with van der Waals surface area (Å²) in [5.41, 5.74) is 5.70. The monoisotopic (exact) mass is 475 g/mol. The molecule has 6 nitrogen and oxygen atoms in total. The number of amides is 1. The van der Waals surface area contributed by atoms with Crippen molar-refractivity contribution < 1.29 is 4.79 Å². The fraction of sp³-hybridized carbons (Fsp3) is 0.407. The summed E-state index contributed by atoms with van der Waals surface area (Å²) >= 11 is 1.41. The topological polar surface area (TPSA) is 73.8 Å². The van der Waals surface area contributed by atoms with Crippen molar-refractivity contribution in [1.82, 2.24) is 9.58 Å². The Kier molecular flexibility index (Phi) is 6.94. The van der Waals surface area contributed by atoms with Gasteiger partial charge in [-0.25, -0.2) is 0 Å². The van der Waals surface area contributed by atoms with Crippen LogP contribution in [0.2, 0.25) is 0 Å². The second-order valence-electron chi connectivity index (χ2n) is 9.03. The van der Waals surface area contributed by atoms with E-state index in [9.17, 15) is 4.79 Å². The summed E-state index contributed by atoms with van der Waals surface area (Å²) < 4.78 is 2.19. The van der Waals surface area contributed by atoms with Gasteiger partial charge in [-0.2, -0.15) is 15.1 Å². The van der Waals surface area contributed by atoms with Gasteiger partial charge in [-0.1, -0.05) is 39.8 Å². The molecule has 1 aromatic heterocycles. The Balaban J connectivity index is 1.67. The van der Waals surface area contributed by atoms with E-state index in [0.29, 0.717) is 17.0 Å². The highest BCUT2D eigenvalue weighted by Crippen LogP contribution is 2.33. The van der Waals surface area contributed by atoms with Gasteiger partial charge in [0.2, 0.25) is 5.17 Å². The Labute approximate surface area is 206 Å². The molecule has 1 atom stereocenters. The molecule has 3 heterocycles. The molecule has 2 aliphatic rings. The SMILES string of the molecule is CCC(CC)C1=NN2C(=N)/C(=C\c3cc(C)n(-c4ccc(C(C)CC)cc4)c3C)C(=O)N=C2S1. The number of nitrogens with zero attached hydrogens (tertiary/aromatic N) is 4. The van der Waals surface area contributed by atoms with E-state index >= 15 is 0 Å². The van der Waals surface area contributed by atoms with Crippen LogP contribution in [0, 0.1) is 25.2 Å². The highest BCUT2D eigenvalue weighted by molar-refractivity contribution is 8.27. The zero-order valence-corrected chi connectivity index (χ0v) is 21.7. The molecular weight excluding hydrogens is 442 g/mol. The molecule has 0 radical (unpaired) electrons. The van der Waals surface area contributed by atoms with Crippen LogP contribution < -0.4 is 0 Å². The maximum absolute atomic E-state index is 12.9. The maximum atomic E-state index is 12.9. The third-order valence-electron chi connectivity index (χ3n) is 6.91. The fourth-order valence-corrected chi connectivity index (χ4v) is 5.64. The second kappa shape index (κ2) is 9.74.